The minimum absolute atomic E-state index is 0.0130. The lowest BCUT2D eigenvalue weighted by atomic mass is 10.1. The maximum atomic E-state index is 13.6. The van der Waals surface area contributed by atoms with Crippen LogP contribution in [0.2, 0.25) is 0 Å². The van der Waals surface area contributed by atoms with Gasteiger partial charge in [0.2, 0.25) is 5.95 Å². The molecule has 4 aromatic rings. The Morgan fingerprint density at radius 2 is 1.89 bits per heavy atom. The zero-order valence-electron chi connectivity index (χ0n) is 19.4. The van der Waals surface area contributed by atoms with Crippen molar-refractivity contribution in [1.82, 2.24) is 24.8 Å². The molecule has 0 atom stereocenters. The minimum Gasteiger partial charge on any atom is -0.490 e. The SMILES string of the molecule is CCN1CCC(Oc2ccc(N(C(=O)c3[nH]cnc3C(N)=O)c3nc4ccccc4[nH]3)cc2)CC1. The highest BCUT2D eigenvalue weighted by Crippen LogP contribution is 2.30. The van der Waals surface area contributed by atoms with Crippen molar-refractivity contribution in [1.29, 1.82) is 0 Å². The van der Waals surface area contributed by atoms with Crippen LogP contribution >= 0.6 is 0 Å². The zero-order valence-corrected chi connectivity index (χ0v) is 19.4. The maximum absolute atomic E-state index is 13.6. The van der Waals surface area contributed by atoms with Gasteiger partial charge in [-0.3, -0.25) is 9.59 Å². The number of fused-ring (bicyclic) bond motifs is 1. The number of ether oxygens (including phenoxy) is 1. The number of primary amides is 1. The quantitative estimate of drug-likeness (QED) is 0.377. The van der Waals surface area contributed by atoms with Crippen LogP contribution in [0.25, 0.3) is 11.0 Å². The number of carbonyl (C=O) groups excluding carboxylic acids is 2. The zero-order chi connectivity index (χ0) is 24.4. The average molecular weight is 474 g/mol. The standard InChI is InChI=1S/C25H27N7O3/c1-2-31-13-11-18(12-14-31)35-17-9-7-16(8-10-17)32(24(34)22-21(23(26)33)27-15-28-22)25-29-19-5-3-4-6-20(19)30-25/h3-10,15,18H,2,11-14H2,1H3,(H2,26,33)(H,27,28)(H,29,30). The summed E-state index contributed by atoms with van der Waals surface area (Å²) < 4.78 is 6.19. The van der Waals surface area contributed by atoms with Crippen LogP contribution in [0.1, 0.15) is 40.7 Å². The van der Waals surface area contributed by atoms with E-state index in [-0.39, 0.29) is 17.5 Å². The van der Waals surface area contributed by atoms with Crippen LogP contribution in [0.3, 0.4) is 0 Å². The highest BCUT2D eigenvalue weighted by atomic mass is 16.5. The molecule has 10 heteroatoms. The van der Waals surface area contributed by atoms with E-state index in [4.69, 9.17) is 10.5 Å². The first-order chi connectivity index (χ1) is 17.0. The van der Waals surface area contributed by atoms with Gasteiger partial charge in [0.1, 0.15) is 17.5 Å². The van der Waals surface area contributed by atoms with Gasteiger partial charge in [-0.2, -0.15) is 0 Å². The molecule has 1 fully saturated rings. The largest absolute Gasteiger partial charge is 0.490 e. The molecule has 5 rings (SSSR count). The first-order valence-corrected chi connectivity index (χ1v) is 11.6. The lowest BCUT2D eigenvalue weighted by Gasteiger charge is -2.31. The number of amides is 2. The van der Waals surface area contributed by atoms with E-state index in [0.29, 0.717) is 17.2 Å². The monoisotopic (exact) mass is 473 g/mol. The highest BCUT2D eigenvalue weighted by molar-refractivity contribution is 6.14. The van der Waals surface area contributed by atoms with Crippen molar-refractivity contribution in [3.63, 3.8) is 0 Å². The Bertz CT molecular complexity index is 1300. The van der Waals surface area contributed by atoms with Crippen molar-refractivity contribution < 1.29 is 14.3 Å². The molecule has 4 N–H and O–H groups in total. The van der Waals surface area contributed by atoms with Crippen LogP contribution in [0, 0.1) is 0 Å². The van der Waals surface area contributed by atoms with Crippen LogP contribution < -0.4 is 15.4 Å². The van der Waals surface area contributed by atoms with Gasteiger partial charge >= 0.3 is 0 Å². The molecule has 0 radical (unpaired) electrons. The van der Waals surface area contributed by atoms with E-state index < -0.39 is 11.8 Å². The molecule has 180 valence electrons. The summed E-state index contributed by atoms with van der Waals surface area (Å²) in [6.07, 6.45) is 3.40. The van der Waals surface area contributed by atoms with E-state index in [1.54, 1.807) is 12.1 Å². The number of nitrogens with two attached hydrogens (primary N) is 1. The third kappa shape index (κ3) is 4.60. The molecule has 0 spiro atoms. The molecule has 10 nitrogen and oxygen atoms in total. The van der Waals surface area contributed by atoms with Gasteiger partial charge in [0.15, 0.2) is 5.69 Å². The fraction of sp³-hybridized carbons (Fsp3) is 0.280. The number of H-pyrrole nitrogens is 2. The van der Waals surface area contributed by atoms with Crippen molar-refractivity contribution in [3.8, 4) is 5.75 Å². The van der Waals surface area contributed by atoms with Crippen molar-refractivity contribution in [2.75, 3.05) is 24.5 Å². The predicted molar refractivity (Wildman–Crippen MR) is 132 cm³/mol. The van der Waals surface area contributed by atoms with Gasteiger partial charge in [-0.25, -0.2) is 14.9 Å². The first kappa shape index (κ1) is 22.6. The Morgan fingerprint density at radius 3 is 2.57 bits per heavy atom. The number of para-hydroxylation sites is 2. The summed E-state index contributed by atoms with van der Waals surface area (Å²) >= 11 is 0. The minimum atomic E-state index is -0.794. The molecule has 2 aromatic carbocycles. The summed E-state index contributed by atoms with van der Waals surface area (Å²) in [5, 5.41) is 0. The van der Waals surface area contributed by atoms with Gasteiger partial charge in [-0.15, -0.1) is 0 Å². The molecular weight excluding hydrogens is 446 g/mol. The molecule has 2 amide bonds. The second-order valence-electron chi connectivity index (χ2n) is 8.45. The number of hydrogen-bond donors (Lipinski definition) is 3. The van der Waals surface area contributed by atoms with Crippen LogP contribution in [-0.2, 0) is 0 Å². The van der Waals surface area contributed by atoms with Crippen molar-refractivity contribution in [2.24, 2.45) is 5.73 Å². The summed E-state index contributed by atoms with van der Waals surface area (Å²) in [5.74, 6) is -0.269. The number of carbonyl (C=O) groups is 2. The van der Waals surface area contributed by atoms with E-state index >= 15 is 0 Å². The van der Waals surface area contributed by atoms with Crippen molar-refractivity contribution >= 4 is 34.5 Å². The van der Waals surface area contributed by atoms with Crippen LogP contribution in [0.4, 0.5) is 11.6 Å². The summed E-state index contributed by atoms with van der Waals surface area (Å²) in [6, 6.07) is 14.7. The van der Waals surface area contributed by atoms with Crippen molar-refractivity contribution in [3.05, 3.63) is 66.2 Å². The Labute approximate surface area is 202 Å². The molecule has 3 heterocycles. The van der Waals surface area contributed by atoms with Crippen LogP contribution in [0.5, 0.6) is 5.75 Å². The van der Waals surface area contributed by atoms with Gasteiger partial charge in [-0.05, 0) is 55.8 Å². The second kappa shape index (κ2) is 9.59. The third-order valence-corrected chi connectivity index (χ3v) is 6.26. The summed E-state index contributed by atoms with van der Waals surface area (Å²) in [6.45, 7) is 5.28. The predicted octanol–water partition coefficient (Wildman–Crippen LogP) is 3.23. The van der Waals surface area contributed by atoms with E-state index in [2.05, 4.69) is 31.8 Å². The fourth-order valence-corrected chi connectivity index (χ4v) is 4.35. The molecular formula is C25H27N7O3. The molecule has 1 aliphatic rings. The summed E-state index contributed by atoms with van der Waals surface area (Å²) in [4.78, 5) is 43.7. The van der Waals surface area contributed by atoms with E-state index in [1.165, 1.54) is 11.2 Å². The van der Waals surface area contributed by atoms with Gasteiger partial charge in [0.25, 0.3) is 11.8 Å². The summed E-state index contributed by atoms with van der Waals surface area (Å²) in [5.41, 5.74) is 7.32. The molecule has 0 saturated carbocycles. The molecule has 0 bridgehead atoms. The smallest absolute Gasteiger partial charge is 0.284 e. The van der Waals surface area contributed by atoms with E-state index in [9.17, 15) is 9.59 Å². The number of benzene rings is 2. The number of aromatic nitrogens is 4. The summed E-state index contributed by atoms with van der Waals surface area (Å²) in [7, 11) is 0. The lowest BCUT2D eigenvalue weighted by molar-refractivity contribution is 0.0961. The van der Waals surface area contributed by atoms with Crippen molar-refractivity contribution in [2.45, 2.75) is 25.9 Å². The highest BCUT2D eigenvalue weighted by Gasteiger charge is 2.28. The topological polar surface area (TPSA) is 133 Å². The molecule has 0 unspecified atom stereocenters. The number of imidazole rings is 2. The average Bonchev–Trinajstić information content (AvgIpc) is 3.53. The Hall–Kier alpha value is -4.18. The number of piperidine rings is 1. The van der Waals surface area contributed by atoms with Gasteiger partial charge in [0, 0.05) is 13.1 Å². The number of likely N-dealkylation sites (tertiary alicyclic amines) is 1. The fourth-order valence-electron chi connectivity index (χ4n) is 4.35. The second-order valence-corrected chi connectivity index (χ2v) is 8.45. The molecule has 2 aromatic heterocycles. The Balaban J connectivity index is 1.45. The van der Waals surface area contributed by atoms with Gasteiger partial charge in [0.05, 0.1) is 23.0 Å². The normalized spacial score (nSPS) is 14.8. The molecule has 35 heavy (non-hydrogen) atoms. The number of nitrogens with zero attached hydrogens (tertiary/aromatic N) is 4. The number of hydrogen-bond acceptors (Lipinski definition) is 6. The van der Waals surface area contributed by atoms with Gasteiger partial charge in [-0.1, -0.05) is 19.1 Å². The number of anilines is 2. The Morgan fingerprint density at radius 1 is 1.14 bits per heavy atom. The van der Waals surface area contributed by atoms with Crippen LogP contribution in [0.15, 0.2) is 54.9 Å². The lowest BCUT2D eigenvalue weighted by Crippen LogP contribution is -2.37. The maximum Gasteiger partial charge on any atom is 0.284 e. The van der Waals surface area contributed by atoms with Gasteiger partial charge < -0.3 is 25.3 Å². The van der Waals surface area contributed by atoms with E-state index in [1.807, 2.05) is 36.4 Å². The third-order valence-electron chi connectivity index (χ3n) is 6.26. The first-order valence-electron chi connectivity index (χ1n) is 11.6. The molecule has 1 saturated heterocycles. The van der Waals surface area contributed by atoms with Crippen LogP contribution in [-0.4, -0.2) is 62.4 Å². The number of nitrogens with one attached hydrogen (secondary N) is 2. The number of aromatic amines is 2. The number of rotatable bonds is 7. The Kier molecular flexibility index (Phi) is 6.19. The van der Waals surface area contributed by atoms with E-state index in [0.717, 1.165) is 43.7 Å². The molecule has 0 aliphatic carbocycles. The molecule has 1 aliphatic heterocycles.